The van der Waals surface area contributed by atoms with Gasteiger partial charge < -0.3 is 18.9 Å². The van der Waals surface area contributed by atoms with E-state index in [0.29, 0.717) is 36.6 Å². The number of fused-ring (bicyclic) bond motifs is 2. The molecule has 0 spiro atoms. The molecule has 2 aliphatic rings. The maximum atomic E-state index is 14.8. The largest absolute Gasteiger partial charge is 0.497 e. The van der Waals surface area contributed by atoms with Crippen LogP contribution >= 0.6 is 0 Å². The van der Waals surface area contributed by atoms with Crippen molar-refractivity contribution in [1.29, 1.82) is 0 Å². The van der Waals surface area contributed by atoms with Gasteiger partial charge in [-0.05, 0) is 66.9 Å². The van der Waals surface area contributed by atoms with Gasteiger partial charge in [0.25, 0.3) is 0 Å². The van der Waals surface area contributed by atoms with Crippen molar-refractivity contribution in [3.05, 3.63) is 94.6 Å². The molecule has 0 fully saturated rings. The molecule has 0 saturated heterocycles. The summed E-state index contributed by atoms with van der Waals surface area (Å²) >= 11 is 0. The van der Waals surface area contributed by atoms with Gasteiger partial charge in [-0.2, -0.15) is 0 Å². The number of likely N-dealkylation sites (N-methyl/N-ethyl adjacent to an activating group) is 2. The first kappa shape index (κ1) is 29.9. The third kappa shape index (κ3) is 5.72. The second-order valence-electron chi connectivity index (χ2n) is 11.8. The van der Waals surface area contributed by atoms with Crippen LogP contribution in [0.4, 0.5) is 8.78 Å². The molecule has 0 N–H and O–H groups in total. The summed E-state index contributed by atoms with van der Waals surface area (Å²) in [6.45, 7) is 5.56. The van der Waals surface area contributed by atoms with Crippen molar-refractivity contribution in [3.63, 3.8) is 0 Å². The van der Waals surface area contributed by atoms with Crippen LogP contribution < -0.4 is 18.9 Å². The first-order valence-corrected chi connectivity index (χ1v) is 14.8. The zero-order valence-corrected chi connectivity index (χ0v) is 26.0. The molecule has 0 saturated carbocycles. The molecule has 0 radical (unpaired) electrons. The topological polar surface area (TPSA) is 43.4 Å². The van der Waals surface area contributed by atoms with E-state index in [0.717, 1.165) is 46.2 Å². The predicted molar refractivity (Wildman–Crippen MR) is 168 cm³/mol. The van der Waals surface area contributed by atoms with Gasteiger partial charge in [-0.25, -0.2) is 18.8 Å². The van der Waals surface area contributed by atoms with Gasteiger partial charge in [-0.15, -0.1) is 0 Å². The molecule has 8 heteroatoms. The van der Waals surface area contributed by atoms with Crippen LogP contribution in [0.25, 0.3) is 22.3 Å². The lowest BCUT2D eigenvalue weighted by atomic mass is 9.94. The number of halogens is 2. The average Bonchev–Trinajstić information content (AvgIpc) is 3.60. The summed E-state index contributed by atoms with van der Waals surface area (Å²) in [5, 5.41) is 4.28. The van der Waals surface area contributed by atoms with Gasteiger partial charge in [0.1, 0.15) is 46.8 Å². The van der Waals surface area contributed by atoms with E-state index in [9.17, 15) is 8.78 Å². The van der Waals surface area contributed by atoms with Crippen molar-refractivity contribution in [3.8, 4) is 45.3 Å². The van der Waals surface area contributed by atoms with E-state index in [2.05, 4.69) is 54.2 Å². The van der Waals surface area contributed by atoms with Crippen molar-refractivity contribution >= 4 is 0 Å². The molecule has 2 heterocycles. The summed E-state index contributed by atoms with van der Waals surface area (Å²) in [7, 11) is 7.35. The first-order chi connectivity index (χ1) is 21.1. The Labute approximate surface area is 257 Å². The Morgan fingerprint density at radius 3 is 1.77 bits per heavy atom. The van der Waals surface area contributed by atoms with Gasteiger partial charge in [0, 0.05) is 60.8 Å². The summed E-state index contributed by atoms with van der Waals surface area (Å²) in [5.74, 6) is 1.70. The number of aryl methyl sites for hydroxylation is 1. The fourth-order valence-corrected chi connectivity index (χ4v) is 6.27. The van der Waals surface area contributed by atoms with Crippen LogP contribution in [-0.4, -0.2) is 63.6 Å². The van der Waals surface area contributed by atoms with E-state index < -0.39 is 11.6 Å². The van der Waals surface area contributed by atoms with E-state index in [1.54, 1.807) is 20.3 Å². The van der Waals surface area contributed by atoms with Gasteiger partial charge in [0.05, 0.1) is 27.3 Å². The highest BCUT2D eigenvalue weighted by Gasteiger charge is 2.32. The molecule has 4 aromatic carbocycles. The molecule has 0 aliphatic carbocycles. The fourth-order valence-electron chi connectivity index (χ4n) is 6.27. The second-order valence-corrected chi connectivity index (χ2v) is 11.8. The summed E-state index contributed by atoms with van der Waals surface area (Å²) in [4.78, 5) is 0. The van der Waals surface area contributed by atoms with Gasteiger partial charge in [-0.1, -0.05) is 18.2 Å². The first-order valence-electron chi connectivity index (χ1n) is 14.8. The van der Waals surface area contributed by atoms with Crippen LogP contribution in [0.5, 0.6) is 23.0 Å². The second kappa shape index (κ2) is 12.1. The number of ether oxygens (including phenoxy) is 4. The molecule has 2 aliphatic heterocycles. The fraction of sp³-hybridized carbons (Fsp3) is 0.333. The van der Waals surface area contributed by atoms with Crippen LogP contribution in [0.1, 0.15) is 22.3 Å². The van der Waals surface area contributed by atoms with Crippen LogP contribution in [0.15, 0.2) is 60.7 Å². The number of hydrogen-bond acceptors (Lipinski definition) is 6. The molecule has 44 heavy (non-hydrogen) atoms. The predicted octanol–water partition coefficient (Wildman–Crippen LogP) is 7.02. The average molecular weight is 601 g/mol. The molecular weight excluding hydrogens is 562 g/mol. The highest BCUT2D eigenvalue weighted by atomic mass is 19.1. The number of nitrogens with zero attached hydrogens (tertiary/aromatic N) is 2. The molecule has 6 nitrogen and oxygen atoms in total. The minimum atomic E-state index is -0.639. The molecular formula is C36H38F2N2O4. The molecule has 2 atom stereocenters. The minimum Gasteiger partial charge on any atom is -0.497 e. The van der Waals surface area contributed by atoms with E-state index >= 15 is 0 Å². The molecule has 0 bridgehead atoms. The van der Waals surface area contributed by atoms with Gasteiger partial charge >= 0.3 is 0 Å². The molecule has 6 rings (SSSR count). The van der Waals surface area contributed by atoms with Crippen molar-refractivity contribution in [1.82, 2.24) is 10.0 Å². The summed E-state index contributed by atoms with van der Waals surface area (Å²) in [6.07, 6.45) is 1.23. The summed E-state index contributed by atoms with van der Waals surface area (Å²) in [6, 6.07) is 17.7. The van der Waals surface area contributed by atoms with Crippen LogP contribution in [0.3, 0.4) is 0 Å². The van der Waals surface area contributed by atoms with Gasteiger partial charge in [0.2, 0.25) is 0 Å². The van der Waals surface area contributed by atoms with Crippen molar-refractivity contribution in [2.75, 3.05) is 41.4 Å². The molecule has 0 aromatic heterocycles. The smallest absolute Gasteiger partial charge is 0.134 e. The Morgan fingerprint density at radius 2 is 1.25 bits per heavy atom. The molecule has 230 valence electrons. The Bertz CT molecular complexity index is 1710. The maximum Gasteiger partial charge on any atom is 0.134 e. The lowest BCUT2D eigenvalue weighted by molar-refractivity contribution is -0.0221. The lowest BCUT2D eigenvalue weighted by Gasteiger charge is -2.31. The summed E-state index contributed by atoms with van der Waals surface area (Å²) < 4.78 is 52.6. The Balaban J connectivity index is 1.15. The highest BCUT2D eigenvalue weighted by molar-refractivity contribution is 5.78. The molecule has 4 aromatic rings. The molecule has 0 amide bonds. The Morgan fingerprint density at radius 1 is 0.705 bits per heavy atom. The number of benzene rings is 4. The van der Waals surface area contributed by atoms with E-state index in [1.807, 2.05) is 20.2 Å². The van der Waals surface area contributed by atoms with E-state index in [4.69, 9.17) is 18.9 Å². The zero-order valence-electron chi connectivity index (χ0n) is 26.0. The van der Waals surface area contributed by atoms with Crippen molar-refractivity contribution < 1.29 is 27.7 Å². The monoisotopic (exact) mass is 600 g/mol. The lowest BCUT2D eigenvalue weighted by Crippen LogP contribution is -2.46. The number of hydrogen-bond donors (Lipinski definition) is 0. The number of rotatable bonds is 9. The quantitative estimate of drug-likeness (QED) is 0.193. The van der Waals surface area contributed by atoms with Gasteiger partial charge in [0.15, 0.2) is 0 Å². The van der Waals surface area contributed by atoms with Crippen LogP contribution in [0.2, 0.25) is 0 Å². The minimum absolute atomic E-state index is 0.0348. The van der Waals surface area contributed by atoms with E-state index in [1.165, 1.54) is 23.3 Å². The van der Waals surface area contributed by atoms with Gasteiger partial charge in [-0.3, -0.25) is 0 Å². The molecule has 2 unspecified atom stereocenters. The summed E-state index contributed by atoms with van der Waals surface area (Å²) in [5.41, 5.74) is 7.59. The van der Waals surface area contributed by atoms with Crippen molar-refractivity contribution in [2.45, 2.75) is 38.9 Å². The Kier molecular flexibility index (Phi) is 8.22. The number of methoxy groups -OCH3 is 2. The maximum absolute atomic E-state index is 14.8. The normalized spacial score (nSPS) is 17.0. The highest BCUT2D eigenvalue weighted by Crippen LogP contribution is 2.44. The number of hydrazine groups is 1. The Hall–Kier alpha value is -4.14. The third-order valence-corrected chi connectivity index (χ3v) is 8.85. The zero-order chi connectivity index (χ0) is 31.1. The standard InChI is InChI=1S/C36H38F2N2O4/c1-21-8-7-9-30(22(21)2)32-17-26(41-5)12-23-14-28(43-35(23)32)19-39(3)40(4)20-29-15-24-13-27(42-6)18-33(36(24)44-29)31-11-10-25(37)16-34(31)38/h7-13,16-18,28-29H,14-15,19-20H2,1-6H3. The van der Waals surface area contributed by atoms with Crippen LogP contribution in [0, 0.1) is 25.5 Å². The SMILES string of the molecule is COc1cc2c(c(-c3ccc(F)cc3F)c1)OC(CN(C)N(C)CC1Cc3cc(OC)cc(-c4cccc(C)c4C)c3O1)C2. The van der Waals surface area contributed by atoms with Crippen molar-refractivity contribution in [2.24, 2.45) is 0 Å². The third-order valence-electron chi connectivity index (χ3n) is 8.85. The van der Waals surface area contributed by atoms with E-state index in [-0.39, 0.29) is 17.8 Å². The van der Waals surface area contributed by atoms with Crippen LogP contribution in [-0.2, 0) is 12.8 Å².